The average molecular weight is 419 g/mol. The third-order valence-corrected chi connectivity index (χ3v) is 7.93. The van der Waals surface area contributed by atoms with Crippen LogP contribution in [-0.4, -0.2) is 31.7 Å². The third kappa shape index (κ3) is 4.35. The van der Waals surface area contributed by atoms with E-state index in [0.717, 1.165) is 11.3 Å². The Morgan fingerprint density at radius 1 is 1.08 bits per heavy atom. The molecule has 2 aromatic rings. The molecule has 1 saturated heterocycles. The van der Waals surface area contributed by atoms with Crippen molar-refractivity contribution in [2.24, 2.45) is 5.92 Å². The molecule has 5 nitrogen and oxygen atoms in total. The molecule has 0 saturated carbocycles. The van der Waals surface area contributed by atoms with Crippen molar-refractivity contribution < 1.29 is 13.2 Å². The topological polar surface area (TPSA) is 66.5 Å². The van der Waals surface area contributed by atoms with E-state index in [4.69, 9.17) is 23.2 Å². The Hall–Kier alpha value is -1.12. The molecule has 0 radical (unpaired) electrons. The number of hydrogen-bond acceptors (Lipinski definition) is 4. The van der Waals surface area contributed by atoms with Crippen molar-refractivity contribution in [3.8, 4) is 0 Å². The molecule has 1 fully saturated rings. The molecular formula is C16H16Cl2N2O3S2. The van der Waals surface area contributed by atoms with E-state index in [-0.39, 0.29) is 16.0 Å². The third-order valence-electron chi connectivity index (χ3n) is 4.08. The van der Waals surface area contributed by atoms with E-state index in [1.165, 1.54) is 10.4 Å². The zero-order valence-corrected chi connectivity index (χ0v) is 16.3. The van der Waals surface area contributed by atoms with Crippen LogP contribution in [0.5, 0.6) is 0 Å². The quantitative estimate of drug-likeness (QED) is 0.812. The number of rotatable bonds is 4. The molecule has 0 bridgehead atoms. The number of nitrogens with one attached hydrogen (secondary N) is 1. The van der Waals surface area contributed by atoms with Gasteiger partial charge in [0.15, 0.2) is 0 Å². The summed E-state index contributed by atoms with van der Waals surface area (Å²) in [5, 5.41) is 3.45. The minimum atomic E-state index is -3.53. The molecule has 1 amide bonds. The molecule has 134 valence electrons. The van der Waals surface area contributed by atoms with Crippen molar-refractivity contribution in [3.63, 3.8) is 0 Å². The van der Waals surface area contributed by atoms with Crippen molar-refractivity contribution in [2.45, 2.75) is 17.1 Å². The summed E-state index contributed by atoms with van der Waals surface area (Å²) in [6.07, 6.45) is 0.968. The number of sulfonamides is 1. The SMILES string of the molecule is O=C(Nc1ccc(Cl)cc1)C1CCN(S(=O)(=O)c2ccc(Cl)s2)CC1. The van der Waals surface area contributed by atoms with Crippen molar-refractivity contribution >= 4 is 56.2 Å². The van der Waals surface area contributed by atoms with Crippen LogP contribution in [0.15, 0.2) is 40.6 Å². The van der Waals surface area contributed by atoms with Crippen molar-refractivity contribution in [2.75, 3.05) is 18.4 Å². The lowest BCUT2D eigenvalue weighted by Gasteiger charge is -2.30. The zero-order chi connectivity index (χ0) is 18.0. The second-order valence-corrected chi connectivity index (χ2v) is 10.0. The molecule has 25 heavy (non-hydrogen) atoms. The van der Waals surface area contributed by atoms with E-state index in [9.17, 15) is 13.2 Å². The summed E-state index contributed by atoms with van der Waals surface area (Å²) in [7, 11) is -3.53. The minimum absolute atomic E-state index is 0.0986. The van der Waals surface area contributed by atoms with E-state index in [1.54, 1.807) is 30.3 Å². The van der Waals surface area contributed by atoms with Crippen molar-refractivity contribution in [1.82, 2.24) is 4.31 Å². The number of amides is 1. The van der Waals surface area contributed by atoms with Crippen LogP contribution in [0.4, 0.5) is 5.69 Å². The van der Waals surface area contributed by atoms with Crippen molar-refractivity contribution in [3.05, 3.63) is 45.8 Å². The maximum absolute atomic E-state index is 12.6. The van der Waals surface area contributed by atoms with Gasteiger partial charge in [0.25, 0.3) is 10.0 Å². The van der Waals surface area contributed by atoms with Crippen LogP contribution in [0, 0.1) is 5.92 Å². The predicted octanol–water partition coefficient (Wildman–Crippen LogP) is 4.09. The standard InChI is InChI=1S/C16H16Cl2N2O3S2/c17-12-1-3-13(4-2-12)19-16(21)11-7-9-20(10-8-11)25(22,23)15-6-5-14(18)24-15/h1-6,11H,7-10H2,(H,19,21). The number of carbonyl (C=O) groups is 1. The van der Waals surface area contributed by atoms with E-state index in [1.807, 2.05) is 0 Å². The molecule has 9 heteroatoms. The number of nitrogens with zero attached hydrogens (tertiary/aromatic N) is 1. The lowest BCUT2D eigenvalue weighted by atomic mass is 9.97. The average Bonchev–Trinajstić information content (AvgIpc) is 3.04. The fraction of sp³-hybridized carbons (Fsp3) is 0.312. The van der Waals surface area contributed by atoms with Crippen molar-refractivity contribution in [1.29, 1.82) is 0 Å². The summed E-state index contributed by atoms with van der Waals surface area (Å²) in [5.74, 6) is -0.312. The molecule has 3 rings (SSSR count). The molecule has 2 heterocycles. The molecule has 1 N–H and O–H groups in total. The summed E-state index contributed by atoms with van der Waals surface area (Å²) < 4.78 is 27.2. The minimum Gasteiger partial charge on any atom is -0.326 e. The number of thiophene rings is 1. The summed E-state index contributed by atoms with van der Waals surface area (Å²) in [5.41, 5.74) is 0.678. The van der Waals surface area contributed by atoms with Gasteiger partial charge in [-0.25, -0.2) is 8.42 Å². The Labute approximate surface area is 160 Å². The maximum Gasteiger partial charge on any atom is 0.252 e. The smallest absolute Gasteiger partial charge is 0.252 e. The molecule has 1 aliphatic rings. The van der Waals surface area contributed by atoms with Crippen LogP contribution in [0.2, 0.25) is 9.36 Å². The van der Waals surface area contributed by atoms with Gasteiger partial charge in [0.05, 0.1) is 4.34 Å². The zero-order valence-electron chi connectivity index (χ0n) is 13.1. The first-order valence-corrected chi connectivity index (χ1v) is 10.7. The second-order valence-electron chi connectivity index (χ2n) is 5.73. The number of halogens is 2. The first-order chi connectivity index (χ1) is 11.9. The van der Waals surface area contributed by atoms with E-state index < -0.39 is 10.0 Å². The largest absolute Gasteiger partial charge is 0.326 e. The fourth-order valence-corrected chi connectivity index (χ4v) is 5.93. The van der Waals surface area contributed by atoms with Gasteiger partial charge in [-0.05, 0) is 49.2 Å². The first-order valence-electron chi connectivity index (χ1n) is 7.68. The lowest BCUT2D eigenvalue weighted by Crippen LogP contribution is -2.41. The van der Waals surface area contributed by atoms with Gasteiger partial charge in [0.1, 0.15) is 4.21 Å². The molecule has 1 aromatic carbocycles. The van der Waals surface area contributed by atoms with Crippen LogP contribution in [0.1, 0.15) is 12.8 Å². The van der Waals surface area contributed by atoms with Crippen LogP contribution in [0.3, 0.4) is 0 Å². The Bertz CT molecular complexity index is 858. The molecule has 0 aliphatic carbocycles. The Balaban J connectivity index is 1.59. The number of carbonyl (C=O) groups excluding carboxylic acids is 1. The van der Waals surface area contributed by atoms with Gasteiger partial charge in [-0.3, -0.25) is 4.79 Å². The summed E-state index contributed by atoms with van der Waals surface area (Å²) in [6, 6.07) is 9.98. The highest BCUT2D eigenvalue weighted by Gasteiger charge is 2.32. The highest BCUT2D eigenvalue weighted by Crippen LogP contribution is 2.30. The fourth-order valence-electron chi connectivity index (χ4n) is 2.70. The van der Waals surface area contributed by atoms with Crippen LogP contribution < -0.4 is 5.32 Å². The Kier molecular flexibility index (Phi) is 5.70. The molecule has 0 atom stereocenters. The van der Waals surface area contributed by atoms with E-state index in [0.29, 0.717) is 41.0 Å². The maximum atomic E-state index is 12.6. The van der Waals surface area contributed by atoms with Crippen LogP contribution in [0.25, 0.3) is 0 Å². The highest BCUT2D eigenvalue weighted by molar-refractivity contribution is 7.91. The summed E-state index contributed by atoms with van der Waals surface area (Å²) >= 11 is 12.7. The Morgan fingerprint density at radius 3 is 2.28 bits per heavy atom. The lowest BCUT2D eigenvalue weighted by molar-refractivity contribution is -0.120. The Morgan fingerprint density at radius 2 is 1.72 bits per heavy atom. The van der Waals surface area contributed by atoms with Crippen LogP contribution >= 0.6 is 34.5 Å². The molecular weight excluding hydrogens is 403 g/mol. The van der Waals surface area contributed by atoms with Crippen LogP contribution in [-0.2, 0) is 14.8 Å². The molecule has 0 spiro atoms. The second kappa shape index (κ2) is 7.63. The van der Waals surface area contributed by atoms with Gasteiger partial charge in [0, 0.05) is 29.7 Å². The number of anilines is 1. The number of benzene rings is 1. The summed E-state index contributed by atoms with van der Waals surface area (Å²) in [4.78, 5) is 12.4. The van der Waals surface area contributed by atoms with Gasteiger partial charge in [-0.1, -0.05) is 23.2 Å². The van der Waals surface area contributed by atoms with E-state index in [2.05, 4.69) is 5.32 Å². The number of hydrogen-bond donors (Lipinski definition) is 1. The highest BCUT2D eigenvalue weighted by atomic mass is 35.5. The normalized spacial score (nSPS) is 16.7. The molecule has 1 aromatic heterocycles. The number of piperidine rings is 1. The summed E-state index contributed by atoms with van der Waals surface area (Å²) in [6.45, 7) is 0.632. The van der Waals surface area contributed by atoms with Gasteiger partial charge < -0.3 is 5.32 Å². The molecule has 0 unspecified atom stereocenters. The predicted molar refractivity (Wildman–Crippen MR) is 101 cm³/mol. The van der Waals surface area contributed by atoms with Gasteiger partial charge in [-0.2, -0.15) is 4.31 Å². The monoisotopic (exact) mass is 418 g/mol. The first kappa shape index (κ1) is 18.7. The molecule has 1 aliphatic heterocycles. The van der Waals surface area contributed by atoms with E-state index >= 15 is 0 Å². The van der Waals surface area contributed by atoms with Gasteiger partial charge >= 0.3 is 0 Å². The van der Waals surface area contributed by atoms with Gasteiger partial charge in [0.2, 0.25) is 5.91 Å². The van der Waals surface area contributed by atoms with Gasteiger partial charge in [-0.15, -0.1) is 11.3 Å².